The first-order chi connectivity index (χ1) is 8.96. The lowest BCUT2D eigenvalue weighted by atomic mass is 10.2. The Balaban J connectivity index is 3.41. The van der Waals surface area contributed by atoms with E-state index < -0.39 is 11.4 Å². The lowest BCUT2D eigenvalue weighted by molar-refractivity contribution is 0.622. The van der Waals surface area contributed by atoms with Gasteiger partial charge in [0.2, 0.25) is 0 Å². The molecule has 1 aromatic carbocycles. The number of hydrogen-bond donors (Lipinski definition) is 1. The van der Waals surface area contributed by atoms with Gasteiger partial charge in [0.25, 0.3) is 0 Å². The largest absolute Gasteiger partial charge is 0.343 e. The predicted molar refractivity (Wildman–Crippen MR) is 74.3 cm³/mol. The van der Waals surface area contributed by atoms with E-state index >= 15 is 0 Å². The standard InChI is InChI=1S/C11H2Br2ClFN4/c12-6-1-7(13)11(9(14)10(6)15)19-8(4-18)5(2-16)3-17/h1,19H. The SMILES string of the molecule is N#CC(C#N)=C(C#N)Nc1c(Br)cc(Br)c(F)c1Cl. The highest BCUT2D eigenvalue weighted by Gasteiger charge is 2.17. The van der Waals surface area contributed by atoms with Crippen molar-refractivity contribution in [1.29, 1.82) is 15.8 Å². The third-order valence-electron chi connectivity index (χ3n) is 1.95. The molecule has 0 fully saturated rings. The first-order valence-electron chi connectivity index (χ1n) is 4.50. The number of hydrogen-bond acceptors (Lipinski definition) is 4. The molecule has 0 spiro atoms. The number of allylic oxidation sites excluding steroid dienone is 2. The third-order valence-corrected chi connectivity index (χ3v) is 3.51. The van der Waals surface area contributed by atoms with E-state index in [-0.39, 0.29) is 20.9 Å². The van der Waals surface area contributed by atoms with Crippen molar-refractivity contribution in [2.24, 2.45) is 0 Å². The van der Waals surface area contributed by atoms with Gasteiger partial charge in [-0.1, -0.05) is 11.6 Å². The maximum Gasteiger partial charge on any atom is 0.163 e. The fourth-order valence-electron chi connectivity index (χ4n) is 1.09. The molecule has 0 bridgehead atoms. The summed E-state index contributed by atoms with van der Waals surface area (Å²) >= 11 is 11.9. The highest BCUT2D eigenvalue weighted by atomic mass is 79.9. The number of rotatable bonds is 2. The molecular weight excluding hydrogens is 402 g/mol. The Morgan fingerprint density at radius 1 is 1.16 bits per heavy atom. The van der Waals surface area contributed by atoms with E-state index in [1.165, 1.54) is 6.07 Å². The van der Waals surface area contributed by atoms with Crippen LogP contribution in [0.4, 0.5) is 10.1 Å². The van der Waals surface area contributed by atoms with Gasteiger partial charge < -0.3 is 5.32 Å². The molecule has 0 aromatic heterocycles. The summed E-state index contributed by atoms with van der Waals surface area (Å²) in [4.78, 5) is 0. The molecule has 4 nitrogen and oxygen atoms in total. The topological polar surface area (TPSA) is 83.4 Å². The number of halogens is 4. The molecule has 0 aliphatic carbocycles. The van der Waals surface area contributed by atoms with Crippen LogP contribution >= 0.6 is 43.5 Å². The molecule has 0 aliphatic rings. The molecule has 0 saturated carbocycles. The van der Waals surface area contributed by atoms with Gasteiger partial charge >= 0.3 is 0 Å². The zero-order valence-electron chi connectivity index (χ0n) is 8.93. The van der Waals surface area contributed by atoms with Crippen LogP contribution in [0.5, 0.6) is 0 Å². The Morgan fingerprint density at radius 2 is 1.74 bits per heavy atom. The van der Waals surface area contributed by atoms with Crippen LogP contribution in [0.25, 0.3) is 0 Å². The van der Waals surface area contributed by atoms with Crippen LogP contribution in [0.2, 0.25) is 5.02 Å². The smallest absolute Gasteiger partial charge is 0.163 e. The minimum atomic E-state index is -0.722. The van der Waals surface area contributed by atoms with Gasteiger partial charge in [0, 0.05) is 4.47 Å². The van der Waals surface area contributed by atoms with Gasteiger partial charge in [-0.25, -0.2) is 4.39 Å². The van der Waals surface area contributed by atoms with Crippen molar-refractivity contribution in [2.45, 2.75) is 0 Å². The summed E-state index contributed by atoms with van der Waals surface area (Å²) in [7, 11) is 0. The number of nitrogens with zero attached hydrogens (tertiary/aromatic N) is 3. The van der Waals surface area contributed by atoms with Crippen LogP contribution in [0.3, 0.4) is 0 Å². The van der Waals surface area contributed by atoms with Crippen LogP contribution in [0, 0.1) is 39.8 Å². The van der Waals surface area contributed by atoms with E-state index in [0.717, 1.165) is 0 Å². The summed E-state index contributed by atoms with van der Waals surface area (Å²) in [5, 5.41) is 28.5. The van der Waals surface area contributed by atoms with Crippen molar-refractivity contribution < 1.29 is 4.39 Å². The second kappa shape index (κ2) is 6.54. The molecule has 0 unspecified atom stereocenters. The molecule has 1 N–H and O–H groups in total. The molecule has 94 valence electrons. The maximum atomic E-state index is 13.6. The summed E-state index contributed by atoms with van der Waals surface area (Å²) < 4.78 is 14.1. The summed E-state index contributed by atoms with van der Waals surface area (Å²) in [6, 6.07) is 6.16. The lowest BCUT2D eigenvalue weighted by Gasteiger charge is -2.11. The predicted octanol–water partition coefficient (Wildman–Crippen LogP) is 4.24. The van der Waals surface area contributed by atoms with Crippen LogP contribution in [-0.4, -0.2) is 0 Å². The second-order valence-corrected chi connectivity index (χ2v) is 5.14. The van der Waals surface area contributed by atoms with E-state index in [9.17, 15) is 4.39 Å². The molecule has 0 saturated heterocycles. The van der Waals surface area contributed by atoms with Gasteiger partial charge in [0.1, 0.15) is 28.9 Å². The summed E-state index contributed by atoms with van der Waals surface area (Å²) in [6.45, 7) is 0. The number of nitriles is 3. The highest BCUT2D eigenvalue weighted by Crippen LogP contribution is 2.37. The molecular formula is C11H2Br2ClFN4. The summed E-state index contributed by atoms with van der Waals surface area (Å²) in [6.07, 6.45) is 0. The lowest BCUT2D eigenvalue weighted by Crippen LogP contribution is -2.03. The maximum absolute atomic E-state index is 13.6. The van der Waals surface area contributed by atoms with Crippen molar-refractivity contribution in [3.05, 3.63) is 37.1 Å². The molecule has 0 aliphatic heterocycles. The van der Waals surface area contributed by atoms with Gasteiger partial charge in [-0.3, -0.25) is 0 Å². The van der Waals surface area contributed by atoms with E-state index in [2.05, 4.69) is 37.2 Å². The quantitative estimate of drug-likeness (QED) is 0.454. The Morgan fingerprint density at radius 3 is 2.21 bits per heavy atom. The van der Waals surface area contributed by atoms with Crippen molar-refractivity contribution in [3.63, 3.8) is 0 Å². The van der Waals surface area contributed by atoms with Crippen LogP contribution < -0.4 is 5.32 Å². The molecule has 0 radical (unpaired) electrons. The first kappa shape index (κ1) is 15.5. The van der Waals surface area contributed by atoms with Crippen molar-refractivity contribution in [3.8, 4) is 18.2 Å². The Hall–Kier alpha value is -1.59. The molecule has 8 heteroatoms. The minimum Gasteiger partial charge on any atom is -0.343 e. The Labute approximate surface area is 129 Å². The normalized spacial score (nSPS) is 8.89. The number of benzene rings is 1. The monoisotopic (exact) mass is 402 g/mol. The van der Waals surface area contributed by atoms with Gasteiger partial charge in [0.05, 0.1) is 10.2 Å². The molecule has 0 amide bonds. The van der Waals surface area contributed by atoms with Crippen molar-refractivity contribution in [2.75, 3.05) is 5.32 Å². The van der Waals surface area contributed by atoms with Crippen molar-refractivity contribution >= 4 is 49.1 Å². The van der Waals surface area contributed by atoms with Crippen LogP contribution in [0.15, 0.2) is 26.3 Å². The summed E-state index contributed by atoms with van der Waals surface area (Å²) in [5.74, 6) is -0.722. The molecule has 19 heavy (non-hydrogen) atoms. The zero-order chi connectivity index (χ0) is 14.6. The molecule has 0 atom stereocenters. The van der Waals surface area contributed by atoms with E-state index in [1.54, 1.807) is 18.2 Å². The Bertz CT molecular complexity index is 679. The van der Waals surface area contributed by atoms with Crippen molar-refractivity contribution in [1.82, 2.24) is 0 Å². The molecule has 0 heterocycles. The molecule has 1 rings (SSSR count). The fraction of sp³-hybridized carbons (Fsp3) is 0. The third kappa shape index (κ3) is 3.24. The van der Waals surface area contributed by atoms with E-state index in [1.807, 2.05) is 0 Å². The number of nitrogens with one attached hydrogen (secondary N) is 1. The first-order valence-corrected chi connectivity index (χ1v) is 6.47. The second-order valence-electron chi connectivity index (χ2n) is 3.05. The Kier molecular flexibility index (Phi) is 5.32. The van der Waals surface area contributed by atoms with Crippen LogP contribution in [-0.2, 0) is 0 Å². The highest BCUT2D eigenvalue weighted by molar-refractivity contribution is 9.11. The number of anilines is 1. The van der Waals surface area contributed by atoms with Crippen LogP contribution in [0.1, 0.15) is 0 Å². The van der Waals surface area contributed by atoms with Gasteiger partial charge in [-0.15, -0.1) is 0 Å². The van der Waals surface area contributed by atoms with Gasteiger partial charge in [-0.05, 0) is 37.9 Å². The van der Waals surface area contributed by atoms with Gasteiger partial charge in [0.15, 0.2) is 11.4 Å². The average molecular weight is 404 g/mol. The van der Waals surface area contributed by atoms with E-state index in [4.69, 9.17) is 27.4 Å². The summed E-state index contributed by atoms with van der Waals surface area (Å²) in [5.41, 5.74) is -0.676. The average Bonchev–Trinajstić information content (AvgIpc) is 2.40. The van der Waals surface area contributed by atoms with Gasteiger partial charge in [-0.2, -0.15) is 15.8 Å². The fourth-order valence-corrected chi connectivity index (χ4v) is 2.83. The minimum absolute atomic E-state index is 0.0573. The van der Waals surface area contributed by atoms with E-state index in [0.29, 0.717) is 4.47 Å². The zero-order valence-corrected chi connectivity index (χ0v) is 12.9. The molecule has 1 aromatic rings.